The number of fused-ring (bicyclic) bond motifs is 1. The number of nitrogens with two attached hydrogens (primary N) is 1. The molecule has 14 nitrogen and oxygen atoms in total. The summed E-state index contributed by atoms with van der Waals surface area (Å²) in [4.78, 5) is 65.0. The Balaban J connectivity index is 1.56. The Kier molecular flexibility index (Phi) is 7.31. The van der Waals surface area contributed by atoms with Gasteiger partial charge in [0, 0.05) is 11.3 Å². The fourth-order valence-corrected chi connectivity index (χ4v) is 2.74. The van der Waals surface area contributed by atoms with Gasteiger partial charge < -0.3 is 21.5 Å². The molecule has 0 radical (unpaired) electrons. The van der Waals surface area contributed by atoms with Crippen molar-refractivity contribution < 1.29 is 24.3 Å². The highest BCUT2D eigenvalue weighted by atomic mass is 16.7. The largest absolute Gasteiger partial charge is 0.480 e. The molecule has 1 amide bonds. The van der Waals surface area contributed by atoms with E-state index in [4.69, 9.17) is 5.73 Å². The first-order chi connectivity index (χ1) is 15.9. The number of anilines is 2. The van der Waals surface area contributed by atoms with E-state index in [1.807, 2.05) is 5.34 Å². The minimum atomic E-state index is -1.35. The van der Waals surface area contributed by atoms with Crippen molar-refractivity contribution in [3.8, 4) is 0 Å². The van der Waals surface area contributed by atoms with Gasteiger partial charge in [-0.25, -0.2) is 24.5 Å². The smallest absolute Gasteiger partial charge is 0.338 e. The lowest BCUT2D eigenvalue weighted by Crippen LogP contribution is -2.41. The number of hydrogen-bond donors (Lipinski definition) is 4. The molecular weight excluding hydrogens is 436 g/mol. The summed E-state index contributed by atoms with van der Waals surface area (Å²) in [5.41, 5.74) is 7.93. The van der Waals surface area contributed by atoms with Gasteiger partial charge in [-0.1, -0.05) is 0 Å². The number of carboxylic acid groups (broad SMARTS) is 1. The molecule has 0 aliphatic rings. The molecule has 3 aromatic rings. The summed E-state index contributed by atoms with van der Waals surface area (Å²) in [6.45, 7) is 0.339. The lowest BCUT2D eigenvalue weighted by atomic mass is 10.1. The van der Waals surface area contributed by atoms with Crippen molar-refractivity contribution in [2.24, 2.45) is 5.34 Å². The van der Waals surface area contributed by atoms with Gasteiger partial charge in [0.15, 0.2) is 11.0 Å². The SMILES string of the molecule is Nc1ncc2nc(CNc3ccc(C(=O)N[C@@H](CCC(=O)ON=O)C(=O)O)cc3)cnc2n1. The number of carbonyl (C=O) groups is 3. The van der Waals surface area contributed by atoms with Gasteiger partial charge in [-0.2, -0.15) is 4.98 Å². The predicted molar refractivity (Wildman–Crippen MR) is 113 cm³/mol. The van der Waals surface area contributed by atoms with Crippen molar-refractivity contribution >= 4 is 40.6 Å². The third kappa shape index (κ3) is 6.36. The van der Waals surface area contributed by atoms with Crippen LogP contribution in [0.15, 0.2) is 42.0 Å². The number of nitrogens with zero attached hydrogens (tertiary/aromatic N) is 5. The standard InChI is InChI=1S/C19H18N8O6/c20-19-23-9-14-16(26-19)22-8-12(24-14)7-21-11-3-1-10(2-4-11)17(29)25-13(18(30)31)5-6-15(28)33-27-32/h1-4,8-9,13,21H,5-7H2,(H,25,29)(H,30,31)(H2,20,22,23,26)/t13-/m0/s1. The second-order valence-electron chi connectivity index (χ2n) is 6.67. The summed E-state index contributed by atoms with van der Waals surface area (Å²) < 4.78 is 0. The number of amides is 1. The van der Waals surface area contributed by atoms with Crippen LogP contribution >= 0.6 is 0 Å². The molecule has 1 aromatic carbocycles. The molecule has 33 heavy (non-hydrogen) atoms. The fraction of sp³-hybridized carbons (Fsp3) is 0.211. The zero-order valence-corrected chi connectivity index (χ0v) is 17.0. The number of nitrogens with one attached hydrogen (secondary N) is 2. The number of nitrogen functional groups attached to an aromatic ring is 1. The summed E-state index contributed by atoms with van der Waals surface area (Å²) in [6.07, 6.45) is 2.37. The Labute approximate surface area is 185 Å². The van der Waals surface area contributed by atoms with Gasteiger partial charge >= 0.3 is 11.9 Å². The van der Waals surface area contributed by atoms with Gasteiger partial charge in [0.05, 0.1) is 31.1 Å². The molecule has 14 heteroatoms. The molecule has 2 heterocycles. The van der Waals surface area contributed by atoms with Gasteiger partial charge in [0.25, 0.3) is 5.91 Å². The van der Waals surface area contributed by atoms with Crippen LogP contribution in [-0.2, 0) is 21.0 Å². The van der Waals surface area contributed by atoms with E-state index in [0.29, 0.717) is 29.1 Å². The summed E-state index contributed by atoms with van der Waals surface area (Å²) in [6, 6.07) is 4.93. The monoisotopic (exact) mass is 454 g/mol. The summed E-state index contributed by atoms with van der Waals surface area (Å²) in [5.74, 6) is -2.86. The molecule has 0 fully saturated rings. The number of hydrogen-bond acceptors (Lipinski definition) is 12. The van der Waals surface area contributed by atoms with E-state index >= 15 is 0 Å². The molecule has 0 unspecified atom stereocenters. The molecule has 0 aliphatic heterocycles. The second-order valence-corrected chi connectivity index (χ2v) is 6.67. The van der Waals surface area contributed by atoms with Crippen LogP contribution < -0.4 is 16.4 Å². The second kappa shape index (κ2) is 10.5. The molecule has 0 saturated carbocycles. The van der Waals surface area contributed by atoms with E-state index in [1.54, 1.807) is 18.3 Å². The number of carboxylic acids is 1. The maximum Gasteiger partial charge on any atom is 0.338 e. The molecule has 0 aliphatic carbocycles. The summed E-state index contributed by atoms with van der Waals surface area (Å²) >= 11 is 0. The highest BCUT2D eigenvalue weighted by Crippen LogP contribution is 2.13. The van der Waals surface area contributed by atoms with Crippen LogP contribution in [0.4, 0.5) is 11.6 Å². The van der Waals surface area contributed by atoms with Crippen molar-refractivity contribution in [3.63, 3.8) is 0 Å². The molecule has 5 N–H and O–H groups in total. The number of benzene rings is 1. The molecule has 2 aromatic heterocycles. The Morgan fingerprint density at radius 1 is 1.12 bits per heavy atom. The Hall–Kier alpha value is -4.75. The third-order valence-corrected chi connectivity index (χ3v) is 4.37. The molecule has 3 rings (SSSR count). The van der Waals surface area contributed by atoms with Crippen LogP contribution in [0.1, 0.15) is 28.9 Å². The number of rotatable bonds is 10. The van der Waals surface area contributed by atoms with Gasteiger partial charge in [-0.05, 0) is 30.7 Å². The average Bonchev–Trinajstić information content (AvgIpc) is 2.80. The first-order valence-electron chi connectivity index (χ1n) is 9.50. The van der Waals surface area contributed by atoms with E-state index < -0.39 is 30.3 Å². The zero-order chi connectivity index (χ0) is 23.8. The fourth-order valence-electron chi connectivity index (χ4n) is 2.74. The first kappa shape index (κ1) is 22.9. The van der Waals surface area contributed by atoms with Gasteiger partial charge in [-0.3, -0.25) is 9.63 Å². The van der Waals surface area contributed by atoms with Crippen molar-refractivity contribution in [3.05, 3.63) is 52.8 Å². The van der Waals surface area contributed by atoms with E-state index in [1.165, 1.54) is 18.3 Å². The van der Waals surface area contributed by atoms with Crippen LogP contribution in [0, 0.1) is 4.91 Å². The van der Waals surface area contributed by atoms with Gasteiger partial charge in [-0.15, -0.1) is 4.91 Å². The Morgan fingerprint density at radius 3 is 2.58 bits per heavy atom. The Bertz CT molecular complexity index is 1190. The van der Waals surface area contributed by atoms with Crippen molar-refractivity contribution in [2.75, 3.05) is 11.1 Å². The van der Waals surface area contributed by atoms with Crippen LogP contribution in [0.25, 0.3) is 11.2 Å². The van der Waals surface area contributed by atoms with Crippen molar-refractivity contribution in [2.45, 2.75) is 25.4 Å². The molecule has 170 valence electrons. The minimum absolute atomic E-state index is 0.110. The van der Waals surface area contributed by atoms with Crippen LogP contribution in [0.5, 0.6) is 0 Å². The van der Waals surface area contributed by atoms with Crippen molar-refractivity contribution in [1.82, 2.24) is 25.3 Å². The average molecular weight is 454 g/mol. The molecule has 0 bridgehead atoms. The highest BCUT2D eigenvalue weighted by molar-refractivity contribution is 5.97. The summed E-state index contributed by atoms with van der Waals surface area (Å²) in [7, 11) is 0. The number of carbonyl (C=O) groups excluding carboxylic acids is 2. The minimum Gasteiger partial charge on any atom is -0.480 e. The van der Waals surface area contributed by atoms with E-state index in [0.717, 1.165) is 0 Å². The van der Waals surface area contributed by atoms with Crippen LogP contribution in [-0.4, -0.2) is 48.9 Å². The van der Waals surface area contributed by atoms with Crippen LogP contribution in [0.3, 0.4) is 0 Å². The molecule has 1 atom stereocenters. The van der Waals surface area contributed by atoms with Crippen LogP contribution in [0.2, 0.25) is 0 Å². The lowest BCUT2D eigenvalue weighted by molar-refractivity contribution is -0.144. The molecule has 0 saturated heterocycles. The Morgan fingerprint density at radius 2 is 1.88 bits per heavy atom. The number of aromatic nitrogens is 4. The van der Waals surface area contributed by atoms with Gasteiger partial charge in [0.2, 0.25) is 5.95 Å². The predicted octanol–water partition coefficient (Wildman–Crippen LogP) is 0.802. The van der Waals surface area contributed by atoms with E-state index in [2.05, 4.69) is 35.4 Å². The lowest BCUT2D eigenvalue weighted by Gasteiger charge is -2.14. The third-order valence-electron chi connectivity index (χ3n) is 4.37. The topological polar surface area (TPSA) is 212 Å². The normalized spacial score (nSPS) is 11.4. The van der Waals surface area contributed by atoms with E-state index in [9.17, 15) is 24.4 Å². The van der Waals surface area contributed by atoms with Crippen molar-refractivity contribution in [1.29, 1.82) is 0 Å². The summed E-state index contributed by atoms with van der Waals surface area (Å²) in [5, 5.41) is 16.6. The maximum atomic E-state index is 12.4. The zero-order valence-electron chi connectivity index (χ0n) is 17.0. The van der Waals surface area contributed by atoms with E-state index in [-0.39, 0.29) is 17.9 Å². The highest BCUT2D eigenvalue weighted by Gasteiger charge is 2.22. The quantitative estimate of drug-likeness (QED) is 0.247. The molecular formula is C19H18N8O6. The number of aliphatic carboxylic acids is 1. The first-order valence-corrected chi connectivity index (χ1v) is 9.50. The molecule has 0 spiro atoms. The maximum absolute atomic E-state index is 12.4. The van der Waals surface area contributed by atoms with Gasteiger partial charge in [0.1, 0.15) is 11.6 Å².